The maximum atomic E-state index is 13.6. The number of nitrogens with one attached hydrogen (secondary N) is 1. The summed E-state index contributed by atoms with van der Waals surface area (Å²) in [5.41, 5.74) is 0.255. The number of hydrogen-bond acceptors (Lipinski definition) is 4. The van der Waals surface area contributed by atoms with Gasteiger partial charge in [0.1, 0.15) is 17.4 Å². The number of sulfonamides is 1. The van der Waals surface area contributed by atoms with E-state index in [0.29, 0.717) is 24.1 Å². The van der Waals surface area contributed by atoms with Crippen LogP contribution in [0.2, 0.25) is 0 Å². The third-order valence-corrected chi connectivity index (χ3v) is 4.98. The second-order valence-electron chi connectivity index (χ2n) is 6.01. The molecule has 9 heteroatoms. The molecule has 2 aromatic carbocycles. The molecule has 1 N–H and O–H groups in total. The van der Waals surface area contributed by atoms with Crippen LogP contribution in [-0.2, 0) is 14.8 Å². The summed E-state index contributed by atoms with van der Waals surface area (Å²) in [6.07, 6.45) is 1.23. The number of carbonyl (C=O) groups is 1. The average Bonchev–Trinajstić information content (AvgIpc) is 2.61. The third kappa shape index (κ3) is 5.91. The first-order valence-corrected chi connectivity index (χ1v) is 10.5. The summed E-state index contributed by atoms with van der Waals surface area (Å²) in [6.45, 7) is 2.21. The molecular formula is C19H22F2N2O4S. The molecule has 6 nitrogen and oxygen atoms in total. The van der Waals surface area contributed by atoms with E-state index in [4.69, 9.17) is 4.74 Å². The largest absolute Gasteiger partial charge is 0.492 e. The fraction of sp³-hybridized carbons (Fsp3) is 0.316. The van der Waals surface area contributed by atoms with Gasteiger partial charge in [-0.2, -0.15) is 0 Å². The molecule has 0 fully saturated rings. The van der Waals surface area contributed by atoms with E-state index in [2.05, 4.69) is 5.32 Å². The minimum atomic E-state index is -3.61. The van der Waals surface area contributed by atoms with Gasteiger partial charge in [-0.1, -0.05) is 12.1 Å². The van der Waals surface area contributed by atoms with E-state index in [1.807, 2.05) is 0 Å². The Hall–Kier alpha value is -2.68. The molecule has 0 heterocycles. The molecule has 1 amide bonds. The van der Waals surface area contributed by atoms with Crippen LogP contribution < -0.4 is 14.4 Å². The predicted molar refractivity (Wildman–Crippen MR) is 104 cm³/mol. The first-order chi connectivity index (χ1) is 13.2. The van der Waals surface area contributed by atoms with E-state index >= 15 is 0 Å². The quantitative estimate of drug-likeness (QED) is 0.684. The van der Waals surface area contributed by atoms with Gasteiger partial charge in [-0.05, 0) is 37.6 Å². The van der Waals surface area contributed by atoms with Crippen LogP contribution in [0.3, 0.4) is 0 Å². The standard InChI is InChI=1S/C19H22F2N2O4S/c1-3-27-18-8-5-4-7-17(18)23(28(2,25)26)12-6-9-19(24)22-16-11-10-14(20)13-15(16)21/h4-5,7-8,10-11,13H,3,6,9,12H2,1-2H3,(H,22,24). The van der Waals surface area contributed by atoms with Crippen LogP contribution in [0.1, 0.15) is 19.8 Å². The highest BCUT2D eigenvalue weighted by Crippen LogP contribution is 2.30. The van der Waals surface area contributed by atoms with Gasteiger partial charge >= 0.3 is 0 Å². The Kier molecular flexibility index (Phi) is 7.33. The fourth-order valence-electron chi connectivity index (χ4n) is 2.59. The molecule has 28 heavy (non-hydrogen) atoms. The van der Waals surface area contributed by atoms with Crippen molar-refractivity contribution in [1.82, 2.24) is 0 Å². The van der Waals surface area contributed by atoms with Crippen LogP contribution in [-0.4, -0.2) is 33.7 Å². The summed E-state index contributed by atoms with van der Waals surface area (Å²) in [6, 6.07) is 9.56. The lowest BCUT2D eigenvalue weighted by molar-refractivity contribution is -0.116. The SMILES string of the molecule is CCOc1ccccc1N(CCCC(=O)Nc1ccc(F)cc1F)S(C)(=O)=O. The Morgan fingerprint density at radius 3 is 2.54 bits per heavy atom. The minimum absolute atomic E-state index is 0.0420. The molecule has 152 valence electrons. The van der Waals surface area contributed by atoms with Crippen molar-refractivity contribution in [1.29, 1.82) is 0 Å². The molecule has 2 aromatic rings. The first kappa shape index (κ1) is 21.6. The monoisotopic (exact) mass is 412 g/mol. The second kappa shape index (κ2) is 9.50. The highest BCUT2D eigenvalue weighted by molar-refractivity contribution is 7.92. The van der Waals surface area contributed by atoms with E-state index < -0.39 is 27.6 Å². The van der Waals surface area contributed by atoms with Crippen LogP contribution in [0.25, 0.3) is 0 Å². The number of amides is 1. The average molecular weight is 412 g/mol. The second-order valence-corrected chi connectivity index (χ2v) is 7.92. The van der Waals surface area contributed by atoms with E-state index in [0.717, 1.165) is 18.4 Å². The molecule has 0 spiro atoms. The van der Waals surface area contributed by atoms with Gasteiger partial charge in [0.05, 0.1) is 24.2 Å². The van der Waals surface area contributed by atoms with Crippen LogP contribution in [0.5, 0.6) is 5.75 Å². The molecular weight excluding hydrogens is 390 g/mol. The van der Waals surface area contributed by atoms with Crippen molar-refractivity contribution in [2.24, 2.45) is 0 Å². The van der Waals surface area contributed by atoms with Crippen molar-refractivity contribution in [2.75, 3.05) is 29.0 Å². The first-order valence-electron chi connectivity index (χ1n) is 8.66. The smallest absolute Gasteiger partial charge is 0.232 e. The minimum Gasteiger partial charge on any atom is -0.492 e. The van der Waals surface area contributed by atoms with E-state index in [9.17, 15) is 22.0 Å². The van der Waals surface area contributed by atoms with Crippen molar-refractivity contribution in [3.8, 4) is 5.75 Å². The lowest BCUT2D eigenvalue weighted by Crippen LogP contribution is -2.32. The van der Waals surface area contributed by atoms with Crippen LogP contribution in [0.15, 0.2) is 42.5 Å². The summed E-state index contributed by atoms with van der Waals surface area (Å²) in [5.74, 6) is -1.70. The van der Waals surface area contributed by atoms with Crippen molar-refractivity contribution in [3.05, 3.63) is 54.1 Å². The number of para-hydroxylation sites is 2. The summed E-state index contributed by atoms with van der Waals surface area (Å²) < 4.78 is 57.6. The summed E-state index contributed by atoms with van der Waals surface area (Å²) in [7, 11) is -3.61. The maximum absolute atomic E-state index is 13.6. The lowest BCUT2D eigenvalue weighted by Gasteiger charge is -2.24. The Balaban J connectivity index is 2.04. The molecule has 0 atom stereocenters. The zero-order valence-electron chi connectivity index (χ0n) is 15.6. The van der Waals surface area contributed by atoms with Gasteiger partial charge in [0.2, 0.25) is 15.9 Å². The van der Waals surface area contributed by atoms with E-state index in [-0.39, 0.29) is 25.1 Å². The van der Waals surface area contributed by atoms with E-state index in [1.54, 1.807) is 31.2 Å². The van der Waals surface area contributed by atoms with Gasteiger partial charge in [0, 0.05) is 19.0 Å². The summed E-state index contributed by atoms with van der Waals surface area (Å²) in [4.78, 5) is 12.0. The third-order valence-electron chi connectivity index (χ3n) is 3.80. The highest BCUT2D eigenvalue weighted by atomic mass is 32.2. The molecule has 0 aliphatic carbocycles. The number of rotatable bonds is 9. The van der Waals surface area contributed by atoms with Gasteiger partial charge < -0.3 is 10.1 Å². The lowest BCUT2D eigenvalue weighted by atomic mass is 10.2. The maximum Gasteiger partial charge on any atom is 0.232 e. The molecule has 0 aliphatic heterocycles. The van der Waals surface area contributed by atoms with Crippen molar-refractivity contribution in [2.45, 2.75) is 19.8 Å². The molecule has 0 aromatic heterocycles. The number of nitrogens with zero attached hydrogens (tertiary/aromatic N) is 1. The Morgan fingerprint density at radius 2 is 1.89 bits per heavy atom. The Labute approximate surface area is 163 Å². The van der Waals surface area contributed by atoms with Gasteiger partial charge in [0.25, 0.3) is 0 Å². The zero-order valence-corrected chi connectivity index (χ0v) is 16.4. The molecule has 0 aliphatic rings. The molecule has 0 unspecified atom stereocenters. The van der Waals surface area contributed by atoms with Crippen LogP contribution >= 0.6 is 0 Å². The van der Waals surface area contributed by atoms with Gasteiger partial charge in [-0.3, -0.25) is 9.10 Å². The van der Waals surface area contributed by atoms with Crippen LogP contribution in [0.4, 0.5) is 20.2 Å². The molecule has 0 radical (unpaired) electrons. The summed E-state index contributed by atoms with van der Waals surface area (Å²) in [5, 5.41) is 2.35. The number of halogens is 2. The predicted octanol–water partition coefficient (Wildman–Crippen LogP) is 3.55. The van der Waals surface area contributed by atoms with Crippen molar-refractivity contribution in [3.63, 3.8) is 0 Å². The molecule has 2 rings (SSSR count). The molecule has 0 saturated carbocycles. The normalized spacial score (nSPS) is 11.1. The van der Waals surface area contributed by atoms with Crippen molar-refractivity contribution < 1.29 is 26.7 Å². The Morgan fingerprint density at radius 1 is 1.18 bits per heavy atom. The fourth-order valence-corrected chi connectivity index (χ4v) is 3.56. The number of anilines is 2. The van der Waals surface area contributed by atoms with Crippen LogP contribution in [0, 0.1) is 11.6 Å². The number of carbonyl (C=O) groups excluding carboxylic acids is 1. The number of hydrogen-bond donors (Lipinski definition) is 1. The van der Waals surface area contributed by atoms with Gasteiger partial charge in [0.15, 0.2) is 0 Å². The van der Waals surface area contributed by atoms with Gasteiger partial charge in [-0.25, -0.2) is 17.2 Å². The van der Waals surface area contributed by atoms with Gasteiger partial charge in [-0.15, -0.1) is 0 Å². The number of ether oxygens (including phenoxy) is 1. The topological polar surface area (TPSA) is 75.7 Å². The molecule has 0 bridgehead atoms. The summed E-state index contributed by atoms with van der Waals surface area (Å²) >= 11 is 0. The van der Waals surface area contributed by atoms with E-state index in [1.165, 1.54) is 4.31 Å². The Bertz CT molecular complexity index is 935. The highest BCUT2D eigenvalue weighted by Gasteiger charge is 2.21. The molecule has 0 saturated heterocycles. The van der Waals surface area contributed by atoms with Crippen molar-refractivity contribution >= 4 is 27.3 Å². The zero-order chi connectivity index (χ0) is 20.7. The number of benzene rings is 2.